The van der Waals surface area contributed by atoms with E-state index in [1.165, 1.54) is 0 Å². The highest BCUT2D eigenvalue weighted by Gasteiger charge is 2.76. The number of alkyl halides is 1. The molecule has 1 aromatic carbocycles. The largest absolute Gasteiger partial charge is 0.396 e. The number of rotatable bonds is 16. The van der Waals surface area contributed by atoms with Gasteiger partial charge >= 0.3 is 0 Å². The fourth-order valence-corrected chi connectivity index (χ4v) is 8.56. The van der Waals surface area contributed by atoms with Crippen LogP contribution in [0.4, 0.5) is 0 Å². The van der Waals surface area contributed by atoms with Gasteiger partial charge in [-0.2, -0.15) is 0 Å². The van der Waals surface area contributed by atoms with Gasteiger partial charge in [-0.1, -0.05) is 58.4 Å². The summed E-state index contributed by atoms with van der Waals surface area (Å²) >= 11 is 3.80. The number of carbonyl (C=O) groups excluding carboxylic acids is 3. The zero-order valence-corrected chi connectivity index (χ0v) is 27.7. The van der Waals surface area contributed by atoms with Crippen molar-refractivity contribution < 1.29 is 29.0 Å². The molecule has 0 radical (unpaired) electrons. The van der Waals surface area contributed by atoms with Gasteiger partial charge in [0.05, 0.1) is 31.2 Å². The maximum absolute atomic E-state index is 14.6. The molecule has 4 fully saturated rings. The smallest absolute Gasteiger partial charge is 0.248 e. The number of fused-ring (bicyclic) bond motifs is 1. The predicted molar refractivity (Wildman–Crippen MR) is 174 cm³/mol. The van der Waals surface area contributed by atoms with Crippen LogP contribution in [0.1, 0.15) is 31.2 Å². The molecule has 4 aliphatic heterocycles. The standard InChI is InChI=1S/C34H47BrN4O6/c1-3-13-37(17-16-36-18-21-44-22-19-36)33(43)30-34-23-26(35)29(45-34)27(28(34)32(42)39(30)15-9-6-10-20-40)31(41)38(14-4-2)24-25-11-7-5-8-12-25/h3-5,7-8,11-12,26-30,40H,1-2,6,9-10,13-24H2/t26?,27-,28-,29-,30?,34?/m0/s1. The molecule has 10 nitrogen and oxygen atoms in total. The molecule has 5 rings (SSSR count). The average Bonchev–Trinajstić information content (AvgIpc) is 3.64. The van der Waals surface area contributed by atoms with E-state index in [1.807, 2.05) is 30.3 Å². The van der Waals surface area contributed by atoms with E-state index in [9.17, 15) is 19.5 Å². The second-order valence-corrected chi connectivity index (χ2v) is 13.7. The van der Waals surface area contributed by atoms with Crippen LogP contribution in [-0.4, -0.2) is 131 Å². The topological polar surface area (TPSA) is 103 Å². The first-order valence-electron chi connectivity index (χ1n) is 16.2. The number of carbonyl (C=O) groups is 3. The lowest BCUT2D eigenvalue weighted by atomic mass is 9.70. The van der Waals surface area contributed by atoms with Crippen molar-refractivity contribution in [3.05, 3.63) is 61.2 Å². The number of aliphatic hydroxyl groups is 1. The van der Waals surface area contributed by atoms with Crippen molar-refractivity contribution in [2.75, 3.05) is 65.6 Å². The fourth-order valence-electron chi connectivity index (χ4n) is 7.61. The van der Waals surface area contributed by atoms with Crippen LogP contribution in [0.25, 0.3) is 0 Å². The summed E-state index contributed by atoms with van der Waals surface area (Å²) in [6, 6.07) is 8.92. The fraction of sp³-hybridized carbons (Fsp3) is 0.618. The van der Waals surface area contributed by atoms with Crippen molar-refractivity contribution in [1.82, 2.24) is 19.6 Å². The van der Waals surface area contributed by atoms with E-state index in [-0.39, 0.29) is 29.2 Å². The van der Waals surface area contributed by atoms with Gasteiger partial charge in [-0.15, -0.1) is 13.2 Å². The molecule has 1 spiro atoms. The number of hydrogen-bond donors (Lipinski definition) is 1. The van der Waals surface area contributed by atoms with Crippen LogP contribution >= 0.6 is 15.9 Å². The number of ether oxygens (including phenoxy) is 2. The lowest BCUT2D eigenvalue weighted by Gasteiger charge is -2.38. The molecule has 0 aliphatic carbocycles. The van der Waals surface area contributed by atoms with Crippen LogP contribution in [0, 0.1) is 11.8 Å². The Balaban J connectivity index is 1.45. The Kier molecular flexibility index (Phi) is 11.5. The molecule has 11 heteroatoms. The van der Waals surface area contributed by atoms with E-state index in [0.717, 1.165) is 25.1 Å². The monoisotopic (exact) mass is 686 g/mol. The van der Waals surface area contributed by atoms with Gasteiger partial charge in [-0.25, -0.2) is 0 Å². The first kappa shape index (κ1) is 33.8. The molecule has 4 saturated heterocycles. The minimum absolute atomic E-state index is 0.0741. The van der Waals surface area contributed by atoms with Gasteiger partial charge in [0.1, 0.15) is 11.6 Å². The molecule has 0 aromatic heterocycles. The van der Waals surface area contributed by atoms with Gasteiger partial charge in [0.15, 0.2) is 0 Å². The molecule has 4 aliphatic rings. The minimum atomic E-state index is -1.12. The molecular formula is C34H47BrN4O6. The van der Waals surface area contributed by atoms with Crippen LogP contribution in [0.2, 0.25) is 0 Å². The quantitative estimate of drug-likeness (QED) is 0.162. The number of halogens is 1. The zero-order valence-electron chi connectivity index (χ0n) is 26.1. The normalized spacial score (nSPS) is 29.1. The van der Waals surface area contributed by atoms with E-state index in [0.29, 0.717) is 71.7 Å². The van der Waals surface area contributed by atoms with Crippen molar-refractivity contribution >= 4 is 33.7 Å². The van der Waals surface area contributed by atoms with Gasteiger partial charge in [0.25, 0.3) is 0 Å². The van der Waals surface area contributed by atoms with Crippen LogP contribution < -0.4 is 0 Å². The summed E-state index contributed by atoms with van der Waals surface area (Å²) in [5, 5.41) is 9.35. The molecule has 2 bridgehead atoms. The van der Waals surface area contributed by atoms with E-state index >= 15 is 0 Å². The summed E-state index contributed by atoms with van der Waals surface area (Å²) in [7, 11) is 0. The Labute approximate surface area is 275 Å². The second kappa shape index (κ2) is 15.3. The highest BCUT2D eigenvalue weighted by atomic mass is 79.9. The number of likely N-dealkylation sites (tertiary alicyclic amines) is 1. The summed E-state index contributed by atoms with van der Waals surface area (Å²) in [4.78, 5) is 50.8. The average molecular weight is 688 g/mol. The summed E-state index contributed by atoms with van der Waals surface area (Å²) in [5.41, 5.74) is -0.131. The molecule has 1 N–H and O–H groups in total. The third-order valence-corrected chi connectivity index (χ3v) is 10.5. The highest BCUT2D eigenvalue weighted by Crippen LogP contribution is 2.60. The van der Waals surface area contributed by atoms with E-state index in [4.69, 9.17) is 9.47 Å². The molecule has 3 amide bonds. The zero-order chi connectivity index (χ0) is 32.0. The van der Waals surface area contributed by atoms with Crippen LogP contribution in [0.5, 0.6) is 0 Å². The van der Waals surface area contributed by atoms with Gasteiger partial charge in [-0.05, 0) is 31.2 Å². The van der Waals surface area contributed by atoms with E-state index in [2.05, 4.69) is 34.0 Å². The van der Waals surface area contributed by atoms with Crippen molar-refractivity contribution in [3.63, 3.8) is 0 Å². The third kappa shape index (κ3) is 6.93. The number of morpholine rings is 1. The number of benzene rings is 1. The molecule has 3 unspecified atom stereocenters. The second-order valence-electron chi connectivity index (χ2n) is 12.5. The Hall–Kier alpha value is -2.57. The summed E-state index contributed by atoms with van der Waals surface area (Å²) in [6.07, 6.45) is 5.35. The van der Waals surface area contributed by atoms with Crippen LogP contribution in [0.15, 0.2) is 55.6 Å². The Morgan fingerprint density at radius 1 is 1.02 bits per heavy atom. The molecule has 0 saturated carbocycles. The first-order valence-corrected chi connectivity index (χ1v) is 17.1. The molecule has 4 heterocycles. The van der Waals surface area contributed by atoms with Crippen LogP contribution in [0.3, 0.4) is 0 Å². The lowest BCUT2D eigenvalue weighted by Crippen LogP contribution is -2.58. The maximum atomic E-state index is 14.6. The van der Waals surface area contributed by atoms with Crippen molar-refractivity contribution in [3.8, 4) is 0 Å². The van der Waals surface area contributed by atoms with Crippen LogP contribution in [-0.2, 0) is 30.4 Å². The van der Waals surface area contributed by atoms with Crippen molar-refractivity contribution in [2.24, 2.45) is 11.8 Å². The van der Waals surface area contributed by atoms with Gasteiger partial charge in [0, 0.05) is 63.8 Å². The summed E-state index contributed by atoms with van der Waals surface area (Å²) in [5.74, 6) is -2.00. The molecule has 6 atom stereocenters. The molecular weight excluding hydrogens is 640 g/mol. The number of amides is 3. The first-order chi connectivity index (χ1) is 21.9. The maximum Gasteiger partial charge on any atom is 0.248 e. The summed E-state index contributed by atoms with van der Waals surface area (Å²) < 4.78 is 12.3. The van der Waals surface area contributed by atoms with E-state index in [1.54, 1.807) is 26.9 Å². The SMILES string of the molecule is C=CCN(CCN1CCOCC1)C(=O)C1N(CCCCCO)C(=O)[C@@H]2[C@H](C(=O)N(CC=C)Cc3ccccc3)[C@H]3OC12CC3Br. The number of hydrogen-bond acceptors (Lipinski definition) is 7. The Bertz CT molecular complexity index is 1210. The van der Waals surface area contributed by atoms with Gasteiger partial charge in [0.2, 0.25) is 17.7 Å². The predicted octanol–water partition coefficient (Wildman–Crippen LogP) is 2.46. The van der Waals surface area contributed by atoms with Crippen molar-refractivity contribution in [1.29, 1.82) is 0 Å². The Morgan fingerprint density at radius 2 is 1.73 bits per heavy atom. The number of nitrogens with zero attached hydrogens (tertiary/aromatic N) is 4. The molecule has 246 valence electrons. The number of aliphatic hydroxyl groups excluding tert-OH is 1. The van der Waals surface area contributed by atoms with Gasteiger partial charge < -0.3 is 29.3 Å². The number of unbranched alkanes of at least 4 members (excludes halogenated alkanes) is 2. The highest BCUT2D eigenvalue weighted by molar-refractivity contribution is 9.09. The molecule has 45 heavy (non-hydrogen) atoms. The minimum Gasteiger partial charge on any atom is -0.396 e. The third-order valence-electron chi connectivity index (χ3n) is 9.69. The Morgan fingerprint density at radius 3 is 2.42 bits per heavy atom. The summed E-state index contributed by atoms with van der Waals surface area (Å²) in [6.45, 7) is 13.4. The lowest BCUT2D eigenvalue weighted by molar-refractivity contribution is -0.149. The van der Waals surface area contributed by atoms with E-state index < -0.39 is 29.6 Å². The van der Waals surface area contributed by atoms with Gasteiger partial charge in [-0.3, -0.25) is 19.3 Å². The molecule has 1 aromatic rings. The van der Waals surface area contributed by atoms with Crippen molar-refractivity contribution in [2.45, 2.75) is 54.8 Å².